The lowest BCUT2D eigenvalue weighted by molar-refractivity contribution is -0.143. The first-order valence-electron chi connectivity index (χ1n) is 12.6. The summed E-state index contributed by atoms with van der Waals surface area (Å²) in [4.78, 5) is 29.0. The molecule has 1 spiro atoms. The summed E-state index contributed by atoms with van der Waals surface area (Å²) in [5.41, 5.74) is 3.99. The highest BCUT2D eigenvalue weighted by Crippen LogP contribution is 2.43. The highest BCUT2D eigenvalue weighted by atomic mass is 16.5. The largest absolute Gasteiger partial charge is 0.466 e. The fraction of sp³-hybridized carbons (Fsp3) is 0.448. The standard InChI is InChI=1S/C29H36N2O3/c1-2-34-28(33)15-8-14-27(32)31(25-11-4-3-5-12-25)21-9-20-30-22-18-29(19-23-30)17-16-24-10-6-7-13-26(24)29/h3-7,10-13,16-17H,2,8-9,14-15,18-23H2,1H3. The molecule has 2 aromatic carbocycles. The second kappa shape index (κ2) is 11.5. The number of anilines is 1. The van der Waals surface area contributed by atoms with E-state index < -0.39 is 0 Å². The van der Waals surface area contributed by atoms with Gasteiger partial charge in [-0.25, -0.2) is 0 Å². The van der Waals surface area contributed by atoms with E-state index in [1.54, 1.807) is 6.92 Å². The Morgan fingerprint density at radius 1 is 0.971 bits per heavy atom. The van der Waals surface area contributed by atoms with Crippen LogP contribution in [0, 0.1) is 0 Å². The number of hydrogen-bond donors (Lipinski definition) is 0. The maximum atomic E-state index is 13.0. The number of ether oxygens (including phenoxy) is 1. The summed E-state index contributed by atoms with van der Waals surface area (Å²) in [6.45, 7) is 6.01. The molecule has 180 valence electrons. The SMILES string of the molecule is CCOC(=O)CCCC(=O)N(CCCN1CCC2(C=Cc3ccccc32)CC1)c1ccccc1. The number of rotatable bonds is 10. The van der Waals surface area contributed by atoms with Gasteiger partial charge in [0.2, 0.25) is 5.91 Å². The number of carbonyl (C=O) groups excluding carboxylic acids is 2. The molecule has 1 aliphatic heterocycles. The molecular formula is C29H36N2O3. The zero-order valence-electron chi connectivity index (χ0n) is 20.2. The maximum Gasteiger partial charge on any atom is 0.305 e. The van der Waals surface area contributed by atoms with E-state index in [0.717, 1.165) is 44.6 Å². The van der Waals surface area contributed by atoms with E-state index in [2.05, 4.69) is 41.3 Å². The van der Waals surface area contributed by atoms with Crippen LogP contribution in [0.1, 0.15) is 56.6 Å². The molecule has 0 bridgehead atoms. The number of likely N-dealkylation sites (tertiary alicyclic amines) is 1. The minimum Gasteiger partial charge on any atom is -0.466 e. The molecule has 0 aromatic heterocycles. The van der Waals surface area contributed by atoms with E-state index >= 15 is 0 Å². The van der Waals surface area contributed by atoms with Crippen LogP contribution in [0.3, 0.4) is 0 Å². The quantitative estimate of drug-likeness (QED) is 0.457. The molecule has 0 atom stereocenters. The average molecular weight is 461 g/mol. The Morgan fingerprint density at radius 3 is 2.47 bits per heavy atom. The number of hydrogen-bond acceptors (Lipinski definition) is 4. The Bertz CT molecular complexity index is 993. The van der Waals surface area contributed by atoms with Gasteiger partial charge in [-0.2, -0.15) is 0 Å². The lowest BCUT2D eigenvalue weighted by Crippen LogP contribution is -2.42. The van der Waals surface area contributed by atoms with Gasteiger partial charge in [-0.15, -0.1) is 0 Å². The molecule has 1 saturated heterocycles. The monoisotopic (exact) mass is 460 g/mol. The van der Waals surface area contributed by atoms with Crippen LogP contribution in [0.4, 0.5) is 5.69 Å². The van der Waals surface area contributed by atoms with Crippen molar-refractivity contribution in [2.24, 2.45) is 0 Å². The summed E-state index contributed by atoms with van der Waals surface area (Å²) >= 11 is 0. The van der Waals surface area contributed by atoms with Crippen molar-refractivity contribution in [3.05, 3.63) is 71.8 Å². The molecule has 0 unspecified atom stereocenters. The molecule has 1 fully saturated rings. The number of allylic oxidation sites excluding steroid dienone is 1. The van der Waals surface area contributed by atoms with Crippen molar-refractivity contribution in [2.45, 2.75) is 50.9 Å². The number of para-hydroxylation sites is 1. The topological polar surface area (TPSA) is 49.9 Å². The van der Waals surface area contributed by atoms with Crippen molar-refractivity contribution in [1.29, 1.82) is 0 Å². The second-order valence-electron chi connectivity index (χ2n) is 9.31. The third-order valence-corrected chi connectivity index (χ3v) is 7.13. The third kappa shape index (κ3) is 5.76. The first-order chi connectivity index (χ1) is 16.6. The molecule has 2 aromatic rings. The van der Waals surface area contributed by atoms with Crippen molar-refractivity contribution >= 4 is 23.6 Å². The Balaban J connectivity index is 1.27. The minimum atomic E-state index is -0.232. The zero-order chi connectivity index (χ0) is 23.8. The predicted octanol–water partition coefficient (Wildman–Crippen LogP) is 5.20. The van der Waals surface area contributed by atoms with Gasteiger partial charge < -0.3 is 14.5 Å². The molecule has 1 aliphatic carbocycles. The predicted molar refractivity (Wildman–Crippen MR) is 137 cm³/mol. The van der Waals surface area contributed by atoms with Gasteiger partial charge in [0, 0.05) is 30.5 Å². The van der Waals surface area contributed by atoms with E-state index in [-0.39, 0.29) is 23.7 Å². The van der Waals surface area contributed by atoms with Crippen LogP contribution in [0.25, 0.3) is 6.08 Å². The molecule has 5 heteroatoms. The fourth-order valence-corrected chi connectivity index (χ4v) is 5.26. The Morgan fingerprint density at radius 2 is 1.71 bits per heavy atom. The minimum absolute atomic E-state index is 0.0702. The maximum absolute atomic E-state index is 13.0. The zero-order valence-corrected chi connectivity index (χ0v) is 20.2. The van der Waals surface area contributed by atoms with Crippen LogP contribution in [0.15, 0.2) is 60.7 Å². The van der Waals surface area contributed by atoms with Gasteiger partial charge >= 0.3 is 5.97 Å². The second-order valence-corrected chi connectivity index (χ2v) is 9.31. The number of fused-ring (bicyclic) bond motifs is 2. The van der Waals surface area contributed by atoms with E-state index in [4.69, 9.17) is 4.74 Å². The normalized spacial score (nSPS) is 16.4. The summed E-state index contributed by atoms with van der Waals surface area (Å²) in [5.74, 6) is -0.162. The molecule has 0 radical (unpaired) electrons. The number of nitrogens with zero attached hydrogens (tertiary/aromatic N) is 2. The van der Waals surface area contributed by atoms with Crippen LogP contribution in [0.5, 0.6) is 0 Å². The van der Waals surface area contributed by atoms with Crippen molar-refractivity contribution in [1.82, 2.24) is 4.90 Å². The van der Waals surface area contributed by atoms with E-state index in [0.29, 0.717) is 26.0 Å². The smallest absolute Gasteiger partial charge is 0.305 e. The van der Waals surface area contributed by atoms with Crippen LogP contribution in [-0.2, 0) is 19.7 Å². The molecule has 2 aliphatic rings. The number of amides is 1. The molecule has 0 N–H and O–H groups in total. The fourth-order valence-electron chi connectivity index (χ4n) is 5.26. The van der Waals surface area contributed by atoms with E-state index in [9.17, 15) is 9.59 Å². The van der Waals surface area contributed by atoms with Gasteiger partial charge in [0.05, 0.1) is 6.61 Å². The molecule has 5 nitrogen and oxygen atoms in total. The highest BCUT2D eigenvalue weighted by Gasteiger charge is 2.37. The summed E-state index contributed by atoms with van der Waals surface area (Å²) in [6.07, 6.45) is 9.09. The van der Waals surface area contributed by atoms with Crippen LogP contribution >= 0.6 is 0 Å². The van der Waals surface area contributed by atoms with Crippen LogP contribution < -0.4 is 4.90 Å². The first-order valence-corrected chi connectivity index (χ1v) is 12.6. The van der Waals surface area contributed by atoms with Gasteiger partial charge in [0.25, 0.3) is 0 Å². The average Bonchev–Trinajstić information content (AvgIpc) is 3.22. The molecule has 4 rings (SSSR count). The first kappa shape index (κ1) is 24.2. The van der Waals surface area contributed by atoms with Crippen molar-refractivity contribution in [3.63, 3.8) is 0 Å². The highest BCUT2D eigenvalue weighted by molar-refractivity contribution is 5.93. The van der Waals surface area contributed by atoms with Crippen LogP contribution in [-0.4, -0.2) is 49.6 Å². The van der Waals surface area contributed by atoms with E-state index in [1.807, 2.05) is 35.2 Å². The van der Waals surface area contributed by atoms with Crippen molar-refractivity contribution < 1.29 is 14.3 Å². The van der Waals surface area contributed by atoms with Gasteiger partial charge in [0.15, 0.2) is 0 Å². The number of esters is 1. The number of piperidine rings is 1. The number of benzene rings is 2. The third-order valence-electron chi connectivity index (χ3n) is 7.13. The summed E-state index contributed by atoms with van der Waals surface area (Å²) in [5, 5.41) is 0. The molecular weight excluding hydrogens is 424 g/mol. The molecule has 1 amide bonds. The Kier molecular flexibility index (Phi) is 8.17. The lowest BCUT2D eigenvalue weighted by Gasteiger charge is -2.39. The van der Waals surface area contributed by atoms with Gasteiger partial charge in [-0.3, -0.25) is 9.59 Å². The Labute approximate surface area is 203 Å². The van der Waals surface area contributed by atoms with E-state index in [1.165, 1.54) is 11.1 Å². The van der Waals surface area contributed by atoms with Crippen molar-refractivity contribution in [3.8, 4) is 0 Å². The van der Waals surface area contributed by atoms with Crippen LogP contribution in [0.2, 0.25) is 0 Å². The molecule has 34 heavy (non-hydrogen) atoms. The summed E-state index contributed by atoms with van der Waals surface area (Å²) < 4.78 is 4.98. The molecule has 1 heterocycles. The Hall–Kier alpha value is -2.92. The summed E-state index contributed by atoms with van der Waals surface area (Å²) in [7, 11) is 0. The number of carbonyl (C=O) groups is 2. The van der Waals surface area contributed by atoms with Gasteiger partial charge in [0.1, 0.15) is 0 Å². The van der Waals surface area contributed by atoms with Gasteiger partial charge in [-0.05, 0) is 75.5 Å². The molecule has 0 saturated carbocycles. The lowest BCUT2D eigenvalue weighted by atomic mass is 9.74. The van der Waals surface area contributed by atoms with Gasteiger partial charge in [-0.1, -0.05) is 54.6 Å². The summed E-state index contributed by atoms with van der Waals surface area (Å²) in [6, 6.07) is 18.6. The van der Waals surface area contributed by atoms with Crippen molar-refractivity contribution in [2.75, 3.05) is 37.7 Å².